The summed E-state index contributed by atoms with van der Waals surface area (Å²) >= 11 is 0. The fourth-order valence-electron chi connectivity index (χ4n) is 2.55. The summed E-state index contributed by atoms with van der Waals surface area (Å²) < 4.78 is 39.2. The third-order valence-electron chi connectivity index (χ3n) is 3.80. The van der Waals surface area contributed by atoms with Crippen LogP contribution in [0.5, 0.6) is 11.5 Å². The number of nitrogens with one attached hydrogen (secondary N) is 1. The Morgan fingerprint density at radius 2 is 1.79 bits per heavy atom. The molecule has 1 atom stereocenters. The maximum Gasteiger partial charge on any atom is 0.387 e. The number of esters is 1. The van der Waals surface area contributed by atoms with Gasteiger partial charge in [-0.2, -0.15) is 8.78 Å². The van der Waals surface area contributed by atoms with Crippen molar-refractivity contribution in [2.24, 2.45) is 0 Å². The molecule has 6 nitrogen and oxygen atoms in total. The molecule has 0 heterocycles. The summed E-state index contributed by atoms with van der Waals surface area (Å²) in [6.45, 7) is -1.09. The summed E-state index contributed by atoms with van der Waals surface area (Å²) in [6.07, 6.45) is -0.0972. The molecule has 0 unspecified atom stereocenters. The number of carbonyl (C=O) groups excluding carboxylic acids is 2. The second kappa shape index (κ2) is 10.2. The van der Waals surface area contributed by atoms with Gasteiger partial charge in [-0.05, 0) is 42.8 Å². The minimum absolute atomic E-state index is 0.0972. The zero-order valence-electron chi connectivity index (χ0n) is 15.5. The Morgan fingerprint density at radius 1 is 1.07 bits per heavy atom. The first-order valence-electron chi connectivity index (χ1n) is 8.58. The van der Waals surface area contributed by atoms with Crippen molar-refractivity contribution in [3.8, 4) is 11.5 Å². The Hall–Kier alpha value is -3.16. The first-order valence-corrected chi connectivity index (χ1v) is 8.58. The maximum atomic E-state index is 12.6. The normalized spacial score (nSPS) is 11.6. The molecule has 150 valence electrons. The van der Waals surface area contributed by atoms with Gasteiger partial charge in [0.25, 0.3) is 5.91 Å². The van der Waals surface area contributed by atoms with Gasteiger partial charge in [0.1, 0.15) is 11.5 Å². The molecule has 2 aromatic carbocycles. The standard InChI is InChI=1S/C20H21F2NO5/c1-3-27-18(24)12-17(13-6-4-8-15(10-13)26-2)23-19(25)14-7-5-9-16(11-14)28-20(21)22/h4-11,17,20H,3,12H2,1-2H3,(H,23,25)/t17-/m0/s1. The molecule has 2 aromatic rings. The molecule has 0 aliphatic carbocycles. The molecular formula is C20H21F2NO5. The lowest BCUT2D eigenvalue weighted by Gasteiger charge is -2.19. The van der Waals surface area contributed by atoms with Crippen LogP contribution in [0.15, 0.2) is 48.5 Å². The fraction of sp³-hybridized carbons (Fsp3) is 0.300. The van der Waals surface area contributed by atoms with Crippen LogP contribution < -0.4 is 14.8 Å². The van der Waals surface area contributed by atoms with Gasteiger partial charge in [0.2, 0.25) is 0 Å². The Kier molecular flexibility index (Phi) is 7.74. The Labute approximate surface area is 161 Å². The lowest BCUT2D eigenvalue weighted by atomic mass is 10.0. The number of amides is 1. The summed E-state index contributed by atoms with van der Waals surface area (Å²) in [4.78, 5) is 24.6. The third-order valence-corrected chi connectivity index (χ3v) is 3.80. The van der Waals surface area contributed by atoms with Crippen LogP contribution in [-0.4, -0.2) is 32.2 Å². The highest BCUT2D eigenvalue weighted by Crippen LogP contribution is 2.23. The molecule has 0 aliphatic heterocycles. The topological polar surface area (TPSA) is 73.9 Å². The van der Waals surface area contributed by atoms with Crippen molar-refractivity contribution in [1.82, 2.24) is 5.32 Å². The highest BCUT2D eigenvalue weighted by molar-refractivity contribution is 5.95. The Bertz CT molecular complexity index is 813. The number of hydrogen-bond acceptors (Lipinski definition) is 5. The highest BCUT2D eigenvalue weighted by Gasteiger charge is 2.21. The first kappa shape index (κ1) is 21.1. The molecule has 1 amide bonds. The average molecular weight is 393 g/mol. The fourth-order valence-corrected chi connectivity index (χ4v) is 2.55. The van der Waals surface area contributed by atoms with Crippen LogP contribution >= 0.6 is 0 Å². The van der Waals surface area contributed by atoms with E-state index in [2.05, 4.69) is 10.1 Å². The van der Waals surface area contributed by atoms with Gasteiger partial charge in [0, 0.05) is 5.56 Å². The SMILES string of the molecule is CCOC(=O)C[C@H](NC(=O)c1cccc(OC(F)F)c1)c1cccc(OC)c1. The summed E-state index contributed by atoms with van der Waals surface area (Å²) in [7, 11) is 1.51. The molecule has 0 bridgehead atoms. The van der Waals surface area contributed by atoms with E-state index in [0.717, 1.165) is 0 Å². The number of halogens is 2. The largest absolute Gasteiger partial charge is 0.497 e. The zero-order valence-corrected chi connectivity index (χ0v) is 15.5. The second-order valence-corrected chi connectivity index (χ2v) is 5.72. The van der Waals surface area contributed by atoms with Gasteiger partial charge in [-0.25, -0.2) is 0 Å². The van der Waals surface area contributed by atoms with Crippen LogP contribution in [0.1, 0.15) is 35.3 Å². The van der Waals surface area contributed by atoms with Gasteiger partial charge < -0.3 is 19.5 Å². The number of benzene rings is 2. The second-order valence-electron chi connectivity index (χ2n) is 5.72. The van der Waals surface area contributed by atoms with E-state index in [-0.39, 0.29) is 24.3 Å². The predicted molar refractivity (Wildman–Crippen MR) is 97.5 cm³/mol. The quantitative estimate of drug-likeness (QED) is 0.658. The molecule has 8 heteroatoms. The van der Waals surface area contributed by atoms with E-state index < -0.39 is 24.5 Å². The molecule has 1 N–H and O–H groups in total. The van der Waals surface area contributed by atoms with Crippen molar-refractivity contribution in [2.75, 3.05) is 13.7 Å². The van der Waals surface area contributed by atoms with Crippen molar-refractivity contribution < 1.29 is 32.6 Å². The Morgan fingerprint density at radius 3 is 2.46 bits per heavy atom. The van der Waals surface area contributed by atoms with Crippen molar-refractivity contribution in [3.63, 3.8) is 0 Å². The molecule has 0 aromatic heterocycles. The molecule has 0 radical (unpaired) electrons. The van der Waals surface area contributed by atoms with E-state index in [9.17, 15) is 18.4 Å². The summed E-state index contributed by atoms with van der Waals surface area (Å²) in [6, 6.07) is 11.6. The van der Waals surface area contributed by atoms with Gasteiger partial charge in [0.15, 0.2) is 0 Å². The minimum atomic E-state index is -2.99. The van der Waals surface area contributed by atoms with Crippen molar-refractivity contribution in [3.05, 3.63) is 59.7 Å². The monoisotopic (exact) mass is 393 g/mol. The van der Waals surface area contributed by atoms with Crippen LogP contribution in [0.25, 0.3) is 0 Å². The minimum Gasteiger partial charge on any atom is -0.497 e. The lowest BCUT2D eigenvalue weighted by molar-refractivity contribution is -0.143. The molecule has 2 rings (SSSR count). The molecule has 0 aliphatic rings. The third kappa shape index (κ3) is 6.22. The molecular weight excluding hydrogens is 372 g/mol. The van der Waals surface area contributed by atoms with Gasteiger partial charge in [-0.3, -0.25) is 9.59 Å². The molecule has 28 heavy (non-hydrogen) atoms. The van der Waals surface area contributed by atoms with Crippen molar-refractivity contribution in [1.29, 1.82) is 0 Å². The van der Waals surface area contributed by atoms with Crippen molar-refractivity contribution in [2.45, 2.75) is 26.0 Å². The first-order chi connectivity index (χ1) is 13.4. The van der Waals surface area contributed by atoms with Crippen molar-refractivity contribution >= 4 is 11.9 Å². The van der Waals surface area contributed by atoms with E-state index in [1.807, 2.05) is 0 Å². The predicted octanol–water partition coefficient (Wildman–Crippen LogP) is 3.72. The zero-order chi connectivity index (χ0) is 20.5. The van der Waals surface area contributed by atoms with E-state index in [1.165, 1.54) is 31.4 Å². The van der Waals surface area contributed by atoms with E-state index >= 15 is 0 Å². The van der Waals surface area contributed by atoms with Gasteiger partial charge in [-0.15, -0.1) is 0 Å². The van der Waals surface area contributed by atoms with E-state index in [0.29, 0.717) is 11.3 Å². The lowest BCUT2D eigenvalue weighted by Crippen LogP contribution is -2.30. The average Bonchev–Trinajstić information content (AvgIpc) is 2.67. The van der Waals surface area contributed by atoms with Gasteiger partial charge in [-0.1, -0.05) is 18.2 Å². The van der Waals surface area contributed by atoms with Crippen LogP contribution in [0, 0.1) is 0 Å². The number of carbonyl (C=O) groups is 2. The number of alkyl halides is 2. The number of hydrogen-bond donors (Lipinski definition) is 1. The number of rotatable bonds is 9. The van der Waals surface area contributed by atoms with Crippen LogP contribution in [0.4, 0.5) is 8.78 Å². The Balaban J connectivity index is 2.23. The molecule has 0 saturated carbocycles. The van der Waals surface area contributed by atoms with Crippen LogP contribution in [-0.2, 0) is 9.53 Å². The summed E-state index contributed by atoms with van der Waals surface area (Å²) in [5, 5.41) is 2.73. The van der Waals surface area contributed by atoms with Crippen LogP contribution in [0.3, 0.4) is 0 Å². The van der Waals surface area contributed by atoms with Crippen LogP contribution in [0.2, 0.25) is 0 Å². The molecule has 0 fully saturated rings. The summed E-state index contributed by atoms with van der Waals surface area (Å²) in [5.41, 5.74) is 0.760. The highest BCUT2D eigenvalue weighted by atomic mass is 19.3. The number of methoxy groups -OCH3 is 1. The maximum absolute atomic E-state index is 12.6. The smallest absolute Gasteiger partial charge is 0.387 e. The number of ether oxygens (including phenoxy) is 3. The van der Waals surface area contributed by atoms with Gasteiger partial charge >= 0.3 is 12.6 Å². The summed E-state index contributed by atoms with van der Waals surface area (Å²) in [5.74, 6) is -0.596. The van der Waals surface area contributed by atoms with E-state index in [1.54, 1.807) is 31.2 Å². The molecule has 0 spiro atoms. The van der Waals surface area contributed by atoms with E-state index in [4.69, 9.17) is 9.47 Å². The molecule has 0 saturated heterocycles. The van der Waals surface area contributed by atoms with Gasteiger partial charge in [0.05, 0.1) is 26.2 Å².